The number of nitrogens with one attached hydrogen (secondary N) is 1. The summed E-state index contributed by atoms with van der Waals surface area (Å²) in [5.41, 5.74) is 2.16. The van der Waals surface area contributed by atoms with E-state index >= 15 is 0 Å². The van der Waals surface area contributed by atoms with Gasteiger partial charge in [0.25, 0.3) is 0 Å². The summed E-state index contributed by atoms with van der Waals surface area (Å²) in [6.07, 6.45) is 5.76. The zero-order chi connectivity index (χ0) is 13.2. The van der Waals surface area contributed by atoms with Crippen LogP contribution in [0.3, 0.4) is 0 Å². The van der Waals surface area contributed by atoms with Crippen LogP contribution in [0.15, 0.2) is 48.9 Å². The summed E-state index contributed by atoms with van der Waals surface area (Å²) >= 11 is 0. The lowest BCUT2D eigenvalue weighted by atomic mass is 10.00. The number of nitrogens with zero attached hydrogens (tertiary/aromatic N) is 3. The Morgan fingerprint density at radius 3 is 2.74 bits per heavy atom. The summed E-state index contributed by atoms with van der Waals surface area (Å²) < 4.78 is 1.82. The quantitative estimate of drug-likeness (QED) is 0.777. The number of rotatable bonds is 3. The van der Waals surface area contributed by atoms with Gasteiger partial charge in [0, 0.05) is 36.6 Å². The van der Waals surface area contributed by atoms with Crippen LogP contribution in [0.5, 0.6) is 0 Å². The zero-order valence-electron chi connectivity index (χ0n) is 11.0. The maximum Gasteiger partial charge on any atom is 0.0839 e. The number of hydrogen-bond donors (Lipinski definition) is 1. The Morgan fingerprint density at radius 2 is 2.00 bits per heavy atom. The van der Waals surface area contributed by atoms with Crippen molar-refractivity contribution < 1.29 is 0 Å². The predicted molar refractivity (Wildman–Crippen MR) is 75.9 cm³/mol. The summed E-state index contributed by atoms with van der Waals surface area (Å²) in [4.78, 5) is 4.34. The first-order chi connectivity index (χ1) is 9.29. The smallest absolute Gasteiger partial charge is 0.0839 e. The van der Waals surface area contributed by atoms with Gasteiger partial charge in [0.05, 0.1) is 11.7 Å². The summed E-state index contributed by atoms with van der Waals surface area (Å²) in [7, 11) is 3.87. The van der Waals surface area contributed by atoms with Gasteiger partial charge >= 0.3 is 0 Å². The molecule has 2 heterocycles. The normalized spacial score (nSPS) is 12.7. The number of aryl methyl sites for hydroxylation is 1. The number of aromatic nitrogens is 3. The highest BCUT2D eigenvalue weighted by atomic mass is 15.3. The van der Waals surface area contributed by atoms with Crippen LogP contribution in [0.25, 0.3) is 10.8 Å². The minimum Gasteiger partial charge on any atom is -0.308 e. The second-order valence-electron chi connectivity index (χ2n) is 4.59. The summed E-state index contributed by atoms with van der Waals surface area (Å²) in [5.74, 6) is 0. The molecule has 0 aliphatic carbocycles. The molecule has 4 heteroatoms. The maximum absolute atomic E-state index is 4.49. The standard InChI is InChI=1S/C15H16N4/c1-16-15(14-7-8-19(2)18-14)13-10-17-9-11-5-3-4-6-12(11)13/h3-10,15-16H,1-2H3. The highest BCUT2D eigenvalue weighted by Gasteiger charge is 2.17. The van der Waals surface area contributed by atoms with Gasteiger partial charge in [-0.2, -0.15) is 5.10 Å². The molecule has 0 saturated carbocycles. The van der Waals surface area contributed by atoms with Crippen LogP contribution >= 0.6 is 0 Å². The minimum atomic E-state index is 0.0554. The molecule has 2 aromatic heterocycles. The Bertz CT molecular complexity index is 697. The Morgan fingerprint density at radius 1 is 1.16 bits per heavy atom. The van der Waals surface area contributed by atoms with Crippen molar-refractivity contribution in [1.82, 2.24) is 20.1 Å². The zero-order valence-corrected chi connectivity index (χ0v) is 11.0. The highest BCUT2D eigenvalue weighted by molar-refractivity contribution is 5.85. The average Bonchev–Trinajstić information content (AvgIpc) is 2.86. The molecular weight excluding hydrogens is 236 g/mol. The fraction of sp³-hybridized carbons (Fsp3) is 0.200. The topological polar surface area (TPSA) is 42.7 Å². The van der Waals surface area contributed by atoms with Gasteiger partial charge < -0.3 is 5.32 Å². The first-order valence-electron chi connectivity index (χ1n) is 6.29. The van der Waals surface area contributed by atoms with Gasteiger partial charge in [0.1, 0.15) is 0 Å². The summed E-state index contributed by atoms with van der Waals surface area (Å²) in [5, 5.41) is 10.2. The lowest BCUT2D eigenvalue weighted by Gasteiger charge is -2.16. The van der Waals surface area contributed by atoms with Crippen molar-refractivity contribution in [2.24, 2.45) is 7.05 Å². The van der Waals surface area contributed by atoms with E-state index in [-0.39, 0.29) is 6.04 Å². The molecule has 0 saturated heterocycles. The maximum atomic E-state index is 4.49. The van der Waals surface area contributed by atoms with Crippen LogP contribution in [-0.4, -0.2) is 21.8 Å². The van der Waals surface area contributed by atoms with Crippen molar-refractivity contribution in [2.75, 3.05) is 7.05 Å². The summed E-state index contributed by atoms with van der Waals surface area (Å²) in [6.45, 7) is 0. The van der Waals surface area contributed by atoms with Gasteiger partial charge in [0.15, 0.2) is 0 Å². The van der Waals surface area contributed by atoms with Gasteiger partial charge in [0.2, 0.25) is 0 Å². The van der Waals surface area contributed by atoms with E-state index in [1.165, 1.54) is 5.39 Å². The first-order valence-corrected chi connectivity index (χ1v) is 6.29. The van der Waals surface area contributed by atoms with Gasteiger partial charge in [-0.1, -0.05) is 24.3 Å². The second-order valence-corrected chi connectivity index (χ2v) is 4.59. The van der Waals surface area contributed by atoms with Crippen LogP contribution in [0, 0.1) is 0 Å². The molecule has 0 aliphatic rings. The third-order valence-electron chi connectivity index (χ3n) is 3.33. The van der Waals surface area contributed by atoms with Gasteiger partial charge in [-0.25, -0.2) is 0 Å². The van der Waals surface area contributed by atoms with E-state index in [0.717, 1.165) is 16.6 Å². The fourth-order valence-electron chi connectivity index (χ4n) is 2.42. The molecule has 19 heavy (non-hydrogen) atoms. The second kappa shape index (κ2) is 4.82. The Labute approximate surface area is 112 Å². The number of hydrogen-bond acceptors (Lipinski definition) is 3. The largest absolute Gasteiger partial charge is 0.308 e. The monoisotopic (exact) mass is 252 g/mol. The molecule has 1 atom stereocenters. The lowest BCUT2D eigenvalue weighted by molar-refractivity contribution is 0.644. The predicted octanol–water partition coefficient (Wildman–Crippen LogP) is 2.28. The molecule has 96 valence electrons. The molecule has 0 bridgehead atoms. The third kappa shape index (κ3) is 2.11. The number of benzene rings is 1. The summed E-state index contributed by atoms with van der Waals surface area (Å²) in [6, 6.07) is 10.4. The van der Waals surface area contributed by atoms with Gasteiger partial charge in [-0.3, -0.25) is 9.67 Å². The van der Waals surface area contributed by atoms with Crippen molar-refractivity contribution in [3.8, 4) is 0 Å². The van der Waals surface area contributed by atoms with Crippen molar-refractivity contribution in [3.05, 3.63) is 60.2 Å². The van der Waals surface area contributed by atoms with Crippen molar-refractivity contribution in [2.45, 2.75) is 6.04 Å². The molecule has 3 rings (SSSR count). The Balaban J connectivity index is 2.16. The number of pyridine rings is 1. The minimum absolute atomic E-state index is 0.0554. The van der Waals surface area contributed by atoms with E-state index < -0.39 is 0 Å². The van der Waals surface area contributed by atoms with E-state index in [0.29, 0.717) is 0 Å². The molecule has 0 spiro atoms. The molecule has 1 aromatic carbocycles. The van der Waals surface area contributed by atoms with Gasteiger partial charge in [-0.15, -0.1) is 0 Å². The molecule has 3 aromatic rings. The molecule has 0 amide bonds. The number of fused-ring (bicyclic) bond motifs is 1. The SMILES string of the molecule is CNC(c1ccn(C)n1)c1cncc2ccccc12. The van der Waals surface area contributed by atoms with Crippen molar-refractivity contribution >= 4 is 10.8 Å². The highest BCUT2D eigenvalue weighted by Crippen LogP contribution is 2.26. The Hall–Kier alpha value is -2.20. The lowest BCUT2D eigenvalue weighted by Crippen LogP contribution is -2.19. The van der Waals surface area contributed by atoms with E-state index in [9.17, 15) is 0 Å². The first kappa shape index (κ1) is 11.9. The van der Waals surface area contributed by atoms with E-state index in [2.05, 4.69) is 33.6 Å². The molecular formula is C15H16N4. The molecule has 1 N–H and O–H groups in total. The van der Waals surface area contributed by atoms with Crippen LogP contribution in [0.4, 0.5) is 0 Å². The van der Waals surface area contributed by atoms with Crippen LogP contribution in [-0.2, 0) is 7.05 Å². The van der Waals surface area contributed by atoms with Crippen LogP contribution in [0.2, 0.25) is 0 Å². The molecule has 0 radical (unpaired) electrons. The fourth-order valence-corrected chi connectivity index (χ4v) is 2.42. The third-order valence-corrected chi connectivity index (χ3v) is 3.33. The Kier molecular flexibility index (Phi) is 3.01. The van der Waals surface area contributed by atoms with Crippen LogP contribution in [0.1, 0.15) is 17.3 Å². The van der Waals surface area contributed by atoms with Crippen LogP contribution < -0.4 is 5.32 Å². The van der Waals surface area contributed by atoms with E-state index in [1.54, 1.807) is 0 Å². The average molecular weight is 252 g/mol. The molecule has 0 aliphatic heterocycles. The molecule has 0 fully saturated rings. The molecule has 1 unspecified atom stereocenters. The van der Waals surface area contributed by atoms with Crippen molar-refractivity contribution in [3.63, 3.8) is 0 Å². The molecule has 4 nitrogen and oxygen atoms in total. The van der Waals surface area contributed by atoms with Gasteiger partial charge in [-0.05, 0) is 18.5 Å². The van der Waals surface area contributed by atoms with E-state index in [1.807, 2.05) is 49.5 Å². The van der Waals surface area contributed by atoms with Crippen molar-refractivity contribution in [1.29, 1.82) is 0 Å². The van der Waals surface area contributed by atoms with E-state index in [4.69, 9.17) is 0 Å².